The van der Waals surface area contributed by atoms with Gasteiger partial charge in [-0.2, -0.15) is 0 Å². The minimum Gasteiger partial charge on any atom is -0.496 e. The smallest absolute Gasteiger partial charge is 0.253 e. The first-order valence-corrected chi connectivity index (χ1v) is 8.11. The first-order chi connectivity index (χ1) is 12.6. The highest BCUT2D eigenvalue weighted by atomic mass is 16.5. The molecule has 0 radical (unpaired) electrons. The van der Waals surface area contributed by atoms with E-state index < -0.39 is 6.04 Å². The summed E-state index contributed by atoms with van der Waals surface area (Å²) < 4.78 is 6.81. The molecule has 0 spiro atoms. The second kappa shape index (κ2) is 7.65. The van der Waals surface area contributed by atoms with Gasteiger partial charge in [-0.3, -0.25) is 14.6 Å². The first-order valence-electron chi connectivity index (χ1n) is 8.11. The van der Waals surface area contributed by atoms with E-state index in [4.69, 9.17) is 4.74 Å². The van der Waals surface area contributed by atoms with Crippen molar-refractivity contribution in [3.05, 3.63) is 94.2 Å². The van der Waals surface area contributed by atoms with Gasteiger partial charge in [-0.1, -0.05) is 24.3 Å². The second-order valence-corrected chi connectivity index (χ2v) is 5.77. The van der Waals surface area contributed by atoms with Crippen LogP contribution in [0.1, 0.15) is 27.7 Å². The number of ether oxygens (including phenoxy) is 1. The molecule has 1 unspecified atom stereocenters. The standard InChI is InChI=1S/C20H19N3O3/c1-23-13-14(10-11-18(23)24)20(25)22-19(16-8-5-6-12-21-16)15-7-3-4-9-17(15)26-2/h3-13,19H,1-2H3,(H,22,25). The molecule has 0 aliphatic heterocycles. The third kappa shape index (κ3) is 3.64. The maximum Gasteiger partial charge on any atom is 0.253 e. The average Bonchev–Trinajstić information content (AvgIpc) is 2.68. The van der Waals surface area contributed by atoms with Crippen molar-refractivity contribution in [3.63, 3.8) is 0 Å². The van der Waals surface area contributed by atoms with E-state index in [-0.39, 0.29) is 11.5 Å². The van der Waals surface area contributed by atoms with Gasteiger partial charge >= 0.3 is 0 Å². The third-order valence-electron chi connectivity index (χ3n) is 4.06. The van der Waals surface area contributed by atoms with Gasteiger partial charge in [-0.25, -0.2) is 0 Å². The molecule has 26 heavy (non-hydrogen) atoms. The van der Waals surface area contributed by atoms with Crippen molar-refractivity contribution in [3.8, 4) is 5.75 Å². The third-order valence-corrected chi connectivity index (χ3v) is 4.06. The lowest BCUT2D eigenvalue weighted by atomic mass is 10.0. The Morgan fingerprint density at radius 1 is 1.12 bits per heavy atom. The Bertz CT molecular complexity index is 967. The van der Waals surface area contributed by atoms with Gasteiger partial charge in [0, 0.05) is 31.1 Å². The fourth-order valence-electron chi connectivity index (χ4n) is 2.71. The van der Waals surface area contributed by atoms with E-state index in [2.05, 4.69) is 10.3 Å². The molecule has 0 saturated heterocycles. The molecule has 2 aromatic heterocycles. The summed E-state index contributed by atoms with van der Waals surface area (Å²) in [5.74, 6) is 0.353. The van der Waals surface area contributed by atoms with E-state index in [9.17, 15) is 9.59 Å². The van der Waals surface area contributed by atoms with Crippen molar-refractivity contribution < 1.29 is 9.53 Å². The highest BCUT2D eigenvalue weighted by Gasteiger charge is 2.22. The number of carbonyl (C=O) groups is 1. The maximum atomic E-state index is 12.8. The highest BCUT2D eigenvalue weighted by molar-refractivity contribution is 5.94. The van der Waals surface area contributed by atoms with Crippen LogP contribution in [-0.4, -0.2) is 22.6 Å². The van der Waals surface area contributed by atoms with Crippen LogP contribution in [0.5, 0.6) is 5.75 Å². The summed E-state index contributed by atoms with van der Waals surface area (Å²) in [6.07, 6.45) is 3.19. The quantitative estimate of drug-likeness (QED) is 0.767. The van der Waals surface area contributed by atoms with Crippen LogP contribution in [0, 0.1) is 0 Å². The van der Waals surface area contributed by atoms with Crippen LogP contribution in [0.4, 0.5) is 0 Å². The Kier molecular flexibility index (Phi) is 5.12. The predicted molar refractivity (Wildman–Crippen MR) is 98.2 cm³/mol. The lowest BCUT2D eigenvalue weighted by Gasteiger charge is -2.21. The number of methoxy groups -OCH3 is 1. The minimum atomic E-state index is -0.489. The molecule has 1 N–H and O–H groups in total. The number of rotatable bonds is 5. The molecule has 1 aromatic carbocycles. The lowest BCUT2D eigenvalue weighted by Crippen LogP contribution is -2.31. The van der Waals surface area contributed by atoms with Gasteiger partial charge in [0.1, 0.15) is 11.8 Å². The number of aromatic nitrogens is 2. The van der Waals surface area contributed by atoms with Crippen molar-refractivity contribution in [2.75, 3.05) is 7.11 Å². The summed E-state index contributed by atoms with van der Waals surface area (Å²) in [5, 5.41) is 2.99. The van der Waals surface area contributed by atoms with E-state index in [1.807, 2.05) is 42.5 Å². The van der Waals surface area contributed by atoms with Crippen molar-refractivity contribution >= 4 is 5.91 Å². The SMILES string of the molecule is COc1ccccc1C(NC(=O)c1ccc(=O)n(C)c1)c1ccccn1. The number of nitrogens with zero attached hydrogens (tertiary/aromatic N) is 2. The van der Waals surface area contributed by atoms with Crippen LogP contribution in [0.15, 0.2) is 71.8 Å². The van der Waals surface area contributed by atoms with Gasteiger partial charge < -0.3 is 14.6 Å². The Morgan fingerprint density at radius 3 is 2.58 bits per heavy atom. The fourth-order valence-corrected chi connectivity index (χ4v) is 2.71. The number of para-hydroxylation sites is 1. The van der Waals surface area contributed by atoms with Crippen LogP contribution in [0.25, 0.3) is 0 Å². The van der Waals surface area contributed by atoms with E-state index in [0.717, 1.165) is 5.56 Å². The maximum absolute atomic E-state index is 12.8. The van der Waals surface area contributed by atoms with Crippen molar-refractivity contribution in [1.29, 1.82) is 0 Å². The molecule has 0 bridgehead atoms. The number of pyridine rings is 2. The van der Waals surface area contributed by atoms with Crippen LogP contribution >= 0.6 is 0 Å². The fraction of sp³-hybridized carbons (Fsp3) is 0.150. The summed E-state index contributed by atoms with van der Waals surface area (Å²) in [4.78, 5) is 28.7. The zero-order valence-electron chi connectivity index (χ0n) is 14.5. The molecule has 1 atom stereocenters. The first kappa shape index (κ1) is 17.4. The van der Waals surface area contributed by atoms with Crippen LogP contribution in [-0.2, 0) is 7.05 Å². The van der Waals surface area contributed by atoms with Gasteiger partial charge in [-0.15, -0.1) is 0 Å². The zero-order chi connectivity index (χ0) is 18.5. The number of aryl methyl sites for hydroxylation is 1. The van der Waals surface area contributed by atoms with Gasteiger partial charge in [0.2, 0.25) is 5.56 Å². The zero-order valence-corrected chi connectivity index (χ0v) is 14.5. The van der Waals surface area contributed by atoms with Crippen molar-refractivity contribution in [2.24, 2.45) is 7.05 Å². The highest BCUT2D eigenvalue weighted by Crippen LogP contribution is 2.29. The van der Waals surface area contributed by atoms with Crippen LogP contribution in [0.3, 0.4) is 0 Å². The molecule has 6 heteroatoms. The normalized spacial score (nSPS) is 11.6. The van der Waals surface area contributed by atoms with Gasteiger partial charge in [0.25, 0.3) is 5.91 Å². The average molecular weight is 349 g/mol. The van der Waals surface area contributed by atoms with Crippen LogP contribution < -0.4 is 15.6 Å². The minimum absolute atomic E-state index is 0.174. The number of nitrogens with one attached hydrogen (secondary N) is 1. The summed E-state index contributed by atoms with van der Waals surface area (Å²) in [5.41, 5.74) is 1.71. The Morgan fingerprint density at radius 2 is 1.88 bits per heavy atom. The summed E-state index contributed by atoms with van der Waals surface area (Å²) in [7, 11) is 3.19. The Hall–Kier alpha value is -3.41. The molecule has 3 aromatic rings. The largest absolute Gasteiger partial charge is 0.496 e. The van der Waals surface area contributed by atoms with Crippen molar-refractivity contribution in [2.45, 2.75) is 6.04 Å². The topological polar surface area (TPSA) is 73.2 Å². The second-order valence-electron chi connectivity index (χ2n) is 5.77. The molecule has 0 fully saturated rings. The Balaban J connectivity index is 2.00. The monoisotopic (exact) mass is 349 g/mol. The van der Waals surface area contributed by atoms with E-state index in [1.165, 1.54) is 22.9 Å². The number of carbonyl (C=O) groups excluding carboxylic acids is 1. The number of hydrogen-bond donors (Lipinski definition) is 1. The summed E-state index contributed by atoms with van der Waals surface area (Å²) in [6, 6.07) is 15.4. The molecule has 0 saturated carbocycles. The summed E-state index contributed by atoms with van der Waals surface area (Å²) in [6.45, 7) is 0. The molecule has 6 nitrogen and oxygen atoms in total. The van der Waals surface area contributed by atoms with E-state index in [0.29, 0.717) is 17.0 Å². The number of benzene rings is 1. The van der Waals surface area contributed by atoms with Crippen molar-refractivity contribution in [1.82, 2.24) is 14.9 Å². The van der Waals surface area contributed by atoms with E-state index in [1.54, 1.807) is 20.4 Å². The lowest BCUT2D eigenvalue weighted by molar-refractivity contribution is 0.0941. The number of hydrogen-bond acceptors (Lipinski definition) is 4. The molecular weight excluding hydrogens is 330 g/mol. The van der Waals surface area contributed by atoms with E-state index >= 15 is 0 Å². The van der Waals surface area contributed by atoms with Gasteiger partial charge in [0.05, 0.1) is 18.4 Å². The molecule has 132 valence electrons. The number of amides is 1. The predicted octanol–water partition coefficient (Wildman–Crippen LogP) is 2.31. The summed E-state index contributed by atoms with van der Waals surface area (Å²) >= 11 is 0. The molecule has 0 aliphatic carbocycles. The van der Waals surface area contributed by atoms with Gasteiger partial charge in [0.15, 0.2) is 0 Å². The molecule has 2 heterocycles. The van der Waals surface area contributed by atoms with Crippen LogP contribution in [0.2, 0.25) is 0 Å². The molecule has 3 rings (SSSR count). The Labute approximate surface area is 151 Å². The molecule has 0 aliphatic rings. The molecular formula is C20H19N3O3. The molecule has 1 amide bonds. The van der Waals surface area contributed by atoms with Gasteiger partial charge in [-0.05, 0) is 24.3 Å².